The number of nitrogens with zero attached hydrogens (tertiary/aromatic N) is 3. The summed E-state index contributed by atoms with van der Waals surface area (Å²) in [5.74, 6) is 1.15. The zero-order valence-corrected chi connectivity index (χ0v) is 15.6. The molecule has 2 heterocycles. The molecule has 0 spiro atoms. The number of ketones is 1. The SMILES string of the molecule is CCC(=O)CCC(=O)N1CCC(CCCN2CCN(C)CC2)CC1. The zero-order chi connectivity index (χ0) is 17.4. The lowest BCUT2D eigenvalue weighted by molar-refractivity contribution is -0.134. The number of amides is 1. The highest BCUT2D eigenvalue weighted by Gasteiger charge is 2.23. The number of rotatable bonds is 8. The maximum atomic E-state index is 12.1. The summed E-state index contributed by atoms with van der Waals surface area (Å²) in [6.07, 6.45) is 6.21. The van der Waals surface area contributed by atoms with Crippen LogP contribution in [-0.4, -0.2) is 79.3 Å². The minimum absolute atomic E-state index is 0.174. The van der Waals surface area contributed by atoms with Gasteiger partial charge in [0.1, 0.15) is 5.78 Å². The third kappa shape index (κ3) is 6.52. The van der Waals surface area contributed by atoms with Crippen LogP contribution >= 0.6 is 0 Å². The second-order valence-corrected chi connectivity index (χ2v) is 7.50. The van der Waals surface area contributed by atoms with E-state index in [1.54, 1.807) is 0 Å². The van der Waals surface area contributed by atoms with Crippen LogP contribution in [0.25, 0.3) is 0 Å². The lowest BCUT2D eigenvalue weighted by atomic mass is 9.92. The van der Waals surface area contributed by atoms with E-state index in [0.717, 1.165) is 31.8 Å². The molecular weight excluding hydrogens is 302 g/mol. The van der Waals surface area contributed by atoms with E-state index in [0.29, 0.717) is 19.3 Å². The molecule has 2 aliphatic rings. The van der Waals surface area contributed by atoms with Gasteiger partial charge in [0.15, 0.2) is 0 Å². The number of hydrogen-bond donors (Lipinski definition) is 0. The maximum Gasteiger partial charge on any atom is 0.223 e. The first-order valence-corrected chi connectivity index (χ1v) is 9.79. The Bertz CT molecular complexity index is 397. The van der Waals surface area contributed by atoms with Gasteiger partial charge in [0, 0.05) is 58.5 Å². The number of likely N-dealkylation sites (tertiary alicyclic amines) is 1. The monoisotopic (exact) mass is 337 g/mol. The Morgan fingerprint density at radius 1 is 0.958 bits per heavy atom. The summed E-state index contributed by atoms with van der Waals surface area (Å²) < 4.78 is 0. The summed E-state index contributed by atoms with van der Waals surface area (Å²) in [6, 6.07) is 0. The fourth-order valence-electron chi connectivity index (χ4n) is 3.73. The molecule has 0 unspecified atom stereocenters. The van der Waals surface area contributed by atoms with Crippen LogP contribution in [0.4, 0.5) is 0 Å². The molecule has 0 aromatic carbocycles. The third-order valence-corrected chi connectivity index (χ3v) is 5.66. The molecule has 5 heteroatoms. The lowest BCUT2D eigenvalue weighted by Crippen LogP contribution is -2.44. The molecule has 1 amide bonds. The first kappa shape index (κ1) is 19.4. The fourth-order valence-corrected chi connectivity index (χ4v) is 3.73. The van der Waals surface area contributed by atoms with Crippen molar-refractivity contribution in [3.8, 4) is 0 Å². The van der Waals surface area contributed by atoms with Crippen molar-refractivity contribution in [1.29, 1.82) is 0 Å². The van der Waals surface area contributed by atoms with Crippen molar-refractivity contribution >= 4 is 11.7 Å². The summed E-state index contributed by atoms with van der Waals surface area (Å²) in [4.78, 5) is 30.4. The van der Waals surface area contributed by atoms with Gasteiger partial charge in [-0.3, -0.25) is 9.59 Å². The molecule has 2 aliphatic heterocycles. The normalized spacial score (nSPS) is 21.2. The zero-order valence-electron chi connectivity index (χ0n) is 15.6. The minimum Gasteiger partial charge on any atom is -0.343 e. The van der Waals surface area contributed by atoms with Gasteiger partial charge >= 0.3 is 0 Å². The number of carbonyl (C=O) groups is 2. The summed E-state index contributed by atoms with van der Waals surface area (Å²) in [6.45, 7) is 9.67. The van der Waals surface area contributed by atoms with Crippen LogP contribution in [0, 0.1) is 5.92 Å². The Morgan fingerprint density at radius 3 is 2.25 bits per heavy atom. The molecule has 0 N–H and O–H groups in total. The average Bonchev–Trinajstić information content (AvgIpc) is 2.61. The van der Waals surface area contributed by atoms with Gasteiger partial charge in [0.05, 0.1) is 0 Å². The molecule has 0 saturated carbocycles. The predicted molar refractivity (Wildman–Crippen MR) is 97.0 cm³/mol. The van der Waals surface area contributed by atoms with Crippen LogP contribution in [0.5, 0.6) is 0 Å². The van der Waals surface area contributed by atoms with Crippen molar-refractivity contribution in [2.75, 3.05) is 52.9 Å². The predicted octanol–water partition coefficient (Wildman–Crippen LogP) is 2.01. The molecular formula is C19H35N3O2. The van der Waals surface area contributed by atoms with Crippen molar-refractivity contribution in [2.45, 2.75) is 51.9 Å². The van der Waals surface area contributed by atoms with Gasteiger partial charge in [0.2, 0.25) is 5.91 Å². The Balaban J connectivity index is 1.55. The number of likely N-dealkylation sites (N-methyl/N-ethyl adjacent to an activating group) is 1. The van der Waals surface area contributed by atoms with E-state index >= 15 is 0 Å². The topological polar surface area (TPSA) is 43.9 Å². The Morgan fingerprint density at radius 2 is 1.62 bits per heavy atom. The van der Waals surface area contributed by atoms with E-state index in [2.05, 4.69) is 16.8 Å². The average molecular weight is 338 g/mol. The second-order valence-electron chi connectivity index (χ2n) is 7.50. The van der Waals surface area contributed by atoms with E-state index < -0.39 is 0 Å². The Hall–Kier alpha value is -0.940. The molecule has 0 radical (unpaired) electrons. The van der Waals surface area contributed by atoms with Crippen LogP contribution < -0.4 is 0 Å². The van der Waals surface area contributed by atoms with Gasteiger partial charge in [-0.15, -0.1) is 0 Å². The summed E-state index contributed by atoms with van der Waals surface area (Å²) in [5.41, 5.74) is 0. The van der Waals surface area contributed by atoms with Crippen LogP contribution in [0.15, 0.2) is 0 Å². The molecule has 0 bridgehead atoms. The van der Waals surface area contributed by atoms with Crippen LogP contribution in [-0.2, 0) is 9.59 Å². The molecule has 138 valence electrons. The summed E-state index contributed by atoms with van der Waals surface area (Å²) >= 11 is 0. The van der Waals surface area contributed by atoms with Gasteiger partial charge in [-0.2, -0.15) is 0 Å². The van der Waals surface area contributed by atoms with Gasteiger partial charge < -0.3 is 14.7 Å². The molecule has 0 atom stereocenters. The number of hydrogen-bond acceptors (Lipinski definition) is 4. The molecule has 0 aromatic rings. The van der Waals surface area contributed by atoms with Gasteiger partial charge in [-0.1, -0.05) is 6.92 Å². The molecule has 2 rings (SSSR count). The van der Waals surface area contributed by atoms with E-state index in [-0.39, 0.29) is 11.7 Å². The number of piperidine rings is 1. The summed E-state index contributed by atoms with van der Waals surface area (Å²) in [5, 5.41) is 0. The Kier molecular flexibility index (Phi) is 8.19. The molecule has 24 heavy (non-hydrogen) atoms. The number of Topliss-reactive ketones (excluding diaryl/α,β-unsaturated/α-hetero) is 1. The highest BCUT2D eigenvalue weighted by Crippen LogP contribution is 2.23. The first-order valence-electron chi connectivity index (χ1n) is 9.79. The minimum atomic E-state index is 0.174. The van der Waals surface area contributed by atoms with E-state index in [9.17, 15) is 9.59 Å². The maximum absolute atomic E-state index is 12.1. The molecule has 5 nitrogen and oxygen atoms in total. The van der Waals surface area contributed by atoms with E-state index in [1.165, 1.54) is 45.6 Å². The number of piperazine rings is 1. The smallest absolute Gasteiger partial charge is 0.223 e. The summed E-state index contributed by atoms with van der Waals surface area (Å²) in [7, 11) is 2.20. The van der Waals surface area contributed by atoms with Crippen molar-refractivity contribution in [3.05, 3.63) is 0 Å². The van der Waals surface area contributed by atoms with Crippen molar-refractivity contribution in [1.82, 2.24) is 14.7 Å². The van der Waals surface area contributed by atoms with Gasteiger partial charge in [0.25, 0.3) is 0 Å². The lowest BCUT2D eigenvalue weighted by Gasteiger charge is -2.34. The highest BCUT2D eigenvalue weighted by molar-refractivity contribution is 5.84. The largest absolute Gasteiger partial charge is 0.343 e. The van der Waals surface area contributed by atoms with E-state index in [4.69, 9.17) is 0 Å². The van der Waals surface area contributed by atoms with Crippen LogP contribution in [0.2, 0.25) is 0 Å². The Labute approximate surface area is 147 Å². The third-order valence-electron chi connectivity index (χ3n) is 5.66. The van der Waals surface area contributed by atoms with Crippen molar-refractivity contribution in [3.63, 3.8) is 0 Å². The first-order chi connectivity index (χ1) is 11.6. The molecule has 2 fully saturated rings. The second kappa shape index (κ2) is 10.1. The van der Waals surface area contributed by atoms with Crippen LogP contribution in [0.1, 0.15) is 51.9 Å². The molecule has 0 aromatic heterocycles. The van der Waals surface area contributed by atoms with Crippen molar-refractivity contribution in [2.24, 2.45) is 5.92 Å². The standard InChI is InChI=1S/C19H35N3O2/c1-3-18(23)6-7-19(24)22-11-8-17(9-12-22)5-4-10-21-15-13-20(2)14-16-21/h17H,3-16H2,1-2H3. The van der Waals surface area contributed by atoms with Crippen molar-refractivity contribution < 1.29 is 9.59 Å². The number of carbonyl (C=O) groups excluding carboxylic acids is 2. The van der Waals surface area contributed by atoms with E-state index in [1.807, 2.05) is 11.8 Å². The fraction of sp³-hybridized carbons (Fsp3) is 0.895. The quantitative estimate of drug-likeness (QED) is 0.680. The van der Waals surface area contributed by atoms with Crippen LogP contribution in [0.3, 0.4) is 0 Å². The molecule has 2 saturated heterocycles. The highest BCUT2D eigenvalue weighted by atomic mass is 16.2. The van der Waals surface area contributed by atoms with Gasteiger partial charge in [-0.05, 0) is 45.2 Å². The molecule has 0 aliphatic carbocycles. The van der Waals surface area contributed by atoms with Gasteiger partial charge in [-0.25, -0.2) is 0 Å².